The molecular formula is C29H31N5O2. The third kappa shape index (κ3) is 4.08. The second-order valence-electron chi connectivity index (χ2n) is 9.46. The van der Waals surface area contributed by atoms with Crippen LogP contribution in [-0.2, 0) is 0 Å². The van der Waals surface area contributed by atoms with E-state index in [2.05, 4.69) is 45.1 Å². The maximum atomic E-state index is 5.61. The summed E-state index contributed by atoms with van der Waals surface area (Å²) in [6.45, 7) is 3.56. The molecule has 7 heteroatoms. The fourth-order valence-corrected chi connectivity index (χ4v) is 5.19. The molecule has 6 rings (SSSR count). The van der Waals surface area contributed by atoms with E-state index in [1.54, 1.807) is 14.2 Å². The Hall–Kier alpha value is -3.87. The highest BCUT2D eigenvalue weighted by molar-refractivity contribution is 5.92. The number of pyridine rings is 1. The summed E-state index contributed by atoms with van der Waals surface area (Å²) in [7, 11) is 3.34. The van der Waals surface area contributed by atoms with Crippen LogP contribution >= 0.6 is 0 Å². The first-order valence-electron chi connectivity index (χ1n) is 12.7. The quantitative estimate of drug-likeness (QED) is 0.370. The molecular weight excluding hydrogens is 450 g/mol. The van der Waals surface area contributed by atoms with Gasteiger partial charge in [0.2, 0.25) is 0 Å². The van der Waals surface area contributed by atoms with E-state index >= 15 is 0 Å². The van der Waals surface area contributed by atoms with Gasteiger partial charge in [0, 0.05) is 61.0 Å². The largest absolute Gasteiger partial charge is 0.493 e. The Labute approximate surface area is 211 Å². The second-order valence-corrected chi connectivity index (χ2v) is 9.46. The minimum absolute atomic E-state index is 0.452. The number of aromatic nitrogens is 3. The van der Waals surface area contributed by atoms with Crippen molar-refractivity contribution in [1.29, 1.82) is 0 Å². The molecule has 0 N–H and O–H groups in total. The molecule has 3 heterocycles. The summed E-state index contributed by atoms with van der Waals surface area (Å²) in [6.07, 6.45) is 5.43. The molecule has 36 heavy (non-hydrogen) atoms. The van der Waals surface area contributed by atoms with Crippen LogP contribution in [0.15, 0.2) is 60.8 Å². The zero-order chi connectivity index (χ0) is 24.5. The maximum Gasteiger partial charge on any atom is 0.162 e. The van der Waals surface area contributed by atoms with Gasteiger partial charge < -0.3 is 19.3 Å². The number of nitrogens with zero attached hydrogens (tertiary/aromatic N) is 5. The molecule has 0 spiro atoms. The summed E-state index contributed by atoms with van der Waals surface area (Å²) < 4.78 is 11.2. The van der Waals surface area contributed by atoms with Crippen LogP contribution in [0, 0.1) is 0 Å². The first kappa shape index (κ1) is 22.6. The Kier molecular flexibility index (Phi) is 6.05. The van der Waals surface area contributed by atoms with Gasteiger partial charge in [-0.3, -0.25) is 4.98 Å². The second kappa shape index (κ2) is 9.64. The molecule has 1 saturated carbocycles. The predicted molar refractivity (Wildman–Crippen MR) is 143 cm³/mol. The number of ether oxygens (including phenoxy) is 2. The van der Waals surface area contributed by atoms with Crippen molar-refractivity contribution in [3.05, 3.63) is 66.6 Å². The van der Waals surface area contributed by atoms with E-state index in [9.17, 15) is 0 Å². The van der Waals surface area contributed by atoms with Gasteiger partial charge in [-0.15, -0.1) is 0 Å². The molecule has 1 aliphatic carbocycles. The first-order chi connectivity index (χ1) is 17.7. The van der Waals surface area contributed by atoms with Crippen LogP contribution in [0.2, 0.25) is 0 Å². The zero-order valence-corrected chi connectivity index (χ0v) is 20.9. The predicted octanol–water partition coefficient (Wildman–Crippen LogP) is 5.30. The number of benzene rings is 2. The molecule has 2 aliphatic rings. The zero-order valence-electron chi connectivity index (χ0n) is 20.9. The van der Waals surface area contributed by atoms with Crippen LogP contribution in [0.4, 0.5) is 11.5 Å². The van der Waals surface area contributed by atoms with Gasteiger partial charge >= 0.3 is 0 Å². The number of rotatable bonds is 6. The highest BCUT2D eigenvalue weighted by atomic mass is 16.5. The summed E-state index contributed by atoms with van der Waals surface area (Å²) in [5.74, 6) is 3.81. The van der Waals surface area contributed by atoms with Gasteiger partial charge in [-0.25, -0.2) is 9.97 Å². The lowest BCUT2D eigenvalue weighted by atomic mass is 9.85. The van der Waals surface area contributed by atoms with Crippen molar-refractivity contribution in [3.63, 3.8) is 0 Å². The molecule has 0 unspecified atom stereocenters. The summed E-state index contributed by atoms with van der Waals surface area (Å²) in [5.41, 5.74) is 4.32. The van der Waals surface area contributed by atoms with Crippen molar-refractivity contribution in [3.8, 4) is 22.8 Å². The number of piperazine rings is 1. The highest BCUT2D eigenvalue weighted by Crippen LogP contribution is 2.40. The molecule has 0 radical (unpaired) electrons. The molecule has 2 aromatic heterocycles. The van der Waals surface area contributed by atoms with Gasteiger partial charge in [-0.05, 0) is 37.1 Å². The van der Waals surface area contributed by atoms with Crippen molar-refractivity contribution in [1.82, 2.24) is 15.0 Å². The average molecular weight is 482 g/mol. The summed E-state index contributed by atoms with van der Waals surface area (Å²) in [4.78, 5) is 19.5. The standard InChI is InChI=1S/C29H31N5O2/c1-35-26-18-22-24(19-27(26)36-2)31-28(20-8-7-9-20)32-29(22)34-16-14-33(15-17-34)25-12-4-3-10-21(25)23-11-5-6-13-30-23/h3-6,10-13,18-20H,7-9,14-17H2,1-2H3. The normalized spacial score (nSPS) is 16.2. The Balaban J connectivity index is 1.32. The summed E-state index contributed by atoms with van der Waals surface area (Å²) >= 11 is 0. The summed E-state index contributed by atoms with van der Waals surface area (Å²) in [6, 6.07) is 18.6. The van der Waals surface area contributed by atoms with Crippen LogP contribution in [0.1, 0.15) is 31.0 Å². The van der Waals surface area contributed by atoms with Gasteiger partial charge in [0.25, 0.3) is 0 Å². The topological polar surface area (TPSA) is 63.6 Å². The molecule has 4 aromatic rings. The SMILES string of the molecule is COc1cc2nc(C3CCC3)nc(N3CCN(c4ccccc4-c4ccccn4)CC3)c2cc1OC. The molecule has 0 atom stereocenters. The fourth-order valence-electron chi connectivity index (χ4n) is 5.19. The number of hydrogen-bond donors (Lipinski definition) is 0. The molecule has 0 bridgehead atoms. The molecule has 1 saturated heterocycles. The Bertz CT molecular complexity index is 1370. The van der Waals surface area contributed by atoms with Crippen molar-refractivity contribution < 1.29 is 9.47 Å². The average Bonchev–Trinajstić information content (AvgIpc) is 2.91. The Morgan fingerprint density at radius 1 is 0.806 bits per heavy atom. The lowest BCUT2D eigenvalue weighted by Gasteiger charge is -2.38. The van der Waals surface area contributed by atoms with E-state index in [-0.39, 0.29) is 0 Å². The first-order valence-corrected chi connectivity index (χ1v) is 12.7. The Morgan fingerprint density at radius 2 is 1.53 bits per heavy atom. The van der Waals surface area contributed by atoms with E-state index in [4.69, 9.17) is 19.4 Å². The highest BCUT2D eigenvalue weighted by Gasteiger charge is 2.27. The van der Waals surface area contributed by atoms with Crippen molar-refractivity contribution in [2.75, 3.05) is 50.2 Å². The molecule has 7 nitrogen and oxygen atoms in total. The van der Waals surface area contributed by atoms with E-state index in [1.807, 2.05) is 30.5 Å². The lowest BCUT2D eigenvalue weighted by molar-refractivity contribution is 0.355. The van der Waals surface area contributed by atoms with E-state index < -0.39 is 0 Å². The van der Waals surface area contributed by atoms with E-state index in [1.165, 1.54) is 17.7 Å². The third-order valence-corrected chi connectivity index (χ3v) is 7.43. The Morgan fingerprint density at radius 3 is 2.22 bits per heavy atom. The fraction of sp³-hybridized carbons (Fsp3) is 0.345. The summed E-state index contributed by atoms with van der Waals surface area (Å²) in [5, 5.41) is 1.01. The van der Waals surface area contributed by atoms with Gasteiger partial charge in [-0.1, -0.05) is 30.7 Å². The maximum absolute atomic E-state index is 5.61. The number of anilines is 2. The minimum atomic E-state index is 0.452. The van der Waals surface area contributed by atoms with E-state index in [0.29, 0.717) is 17.4 Å². The number of para-hydroxylation sites is 1. The van der Waals surface area contributed by atoms with Crippen molar-refractivity contribution in [2.24, 2.45) is 0 Å². The molecule has 2 aromatic carbocycles. The third-order valence-electron chi connectivity index (χ3n) is 7.43. The van der Waals surface area contributed by atoms with Gasteiger partial charge in [-0.2, -0.15) is 0 Å². The van der Waals surface area contributed by atoms with Crippen LogP contribution in [0.5, 0.6) is 11.5 Å². The molecule has 0 amide bonds. The minimum Gasteiger partial charge on any atom is -0.493 e. The van der Waals surface area contributed by atoms with Crippen molar-refractivity contribution >= 4 is 22.4 Å². The van der Waals surface area contributed by atoms with Crippen LogP contribution in [0.25, 0.3) is 22.2 Å². The van der Waals surface area contributed by atoms with Gasteiger partial charge in [0.05, 0.1) is 25.4 Å². The molecule has 1 aliphatic heterocycles. The van der Waals surface area contributed by atoms with Crippen LogP contribution in [-0.4, -0.2) is 55.4 Å². The van der Waals surface area contributed by atoms with Gasteiger partial charge in [0.1, 0.15) is 11.6 Å². The van der Waals surface area contributed by atoms with Gasteiger partial charge in [0.15, 0.2) is 11.5 Å². The van der Waals surface area contributed by atoms with Crippen LogP contribution < -0.4 is 19.3 Å². The monoisotopic (exact) mass is 481 g/mol. The number of fused-ring (bicyclic) bond motifs is 1. The van der Waals surface area contributed by atoms with E-state index in [0.717, 1.165) is 67.3 Å². The van der Waals surface area contributed by atoms with Crippen LogP contribution in [0.3, 0.4) is 0 Å². The van der Waals surface area contributed by atoms with Crippen molar-refractivity contribution in [2.45, 2.75) is 25.2 Å². The molecule has 184 valence electrons. The smallest absolute Gasteiger partial charge is 0.162 e. The number of hydrogen-bond acceptors (Lipinski definition) is 7. The lowest BCUT2D eigenvalue weighted by Crippen LogP contribution is -2.47. The number of methoxy groups -OCH3 is 2. The molecule has 2 fully saturated rings.